The minimum atomic E-state index is -0.396. The predicted molar refractivity (Wildman–Crippen MR) is 86.6 cm³/mol. The van der Waals surface area contributed by atoms with Crippen LogP contribution in [0.2, 0.25) is 5.02 Å². The molecule has 0 fully saturated rings. The molecule has 0 bridgehead atoms. The molecule has 0 saturated heterocycles. The van der Waals surface area contributed by atoms with Gasteiger partial charge in [0.25, 0.3) is 0 Å². The van der Waals surface area contributed by atoms with Gasteiger partial charge in [0.2, 0.25) is 0 Å². The molecule has 0 saturated carbocycles. The summed E-state index contributed by atoms with van der Waals surface area (Å²) in [5, 5.41) is 3.51. The molecule has 0 aliphatic heterocycles. The van der Waals surface area contributed by atoms with Gasteiger partial charge < -0.3 is 5.32 Å². The average Bonchev–Trinajstić information content (AvgIpc) is 2.69. The monoisotopic (exact) mass is 425 g/mol. The molecule has 0 aliphatic rings. The maximum absolute atomic E-state index is 13.6. The van der Waals surface area contributed by atoms with E-state index in [4.69, 9.17) is 11.6 Å². The molecule has 6 heteroatoms. The van der Waals surface area contributed by atoms with E-state index in [0.717, 1.165) is 25.2 Å². The van der Waals surface area contributed by atoms with E-state index in [1.54, 1.807) is 17.4 Å². The number of thiophene rings is 1. The lowest BCUT2D eigenvalue weighted by Crippen LogP contribution is -2.22. The second-order valence-electron chi connectivity index (χ2n) is 3.94. The van der Waals surface area contributed by atoms with Crippen molar-refractivity contribution < 1.29 is 4.39 Å². The second-order valence-corrected chi connectivity index (χ2v) is 8.10. The second kappa shape index (κ2) is 6.68. The van der Waals surface area contributed by atoms with E-state index in [-0.39, 0.29) is 11.1 Å². The van der Waals surface area contributed by atoms with Crippen LogP contribution in [0.1, 0.15) is 24.1 Å². The zero-order valence-electron chi connectivity index (χ0n) is 10.0. The van der Waals surface area contributed by atoms with Gasteiger partial charge in [-0.2, -0.15) is 0 Å². The van der Waals surface area contributed by atoms with Crippen molar-refractivity contribution in [1.82, 2.24) is 5.32 Å². The van der Waals surface area contributed by atoms with Crippen molar-refractivity contribution in [3.05, 3.63) is 53.8 Å². The summed E-state index contributed by atoms with van der Waals surface area (Å²) in [6, 6.07) is 6.89. The number of rotatable bonds is 4. The Morgan fingerprint density at radius 3 is 2.63 bits per heavy atom. The molecule has 1 aromatic carbocycles. The number of hydrogen-bond acceptors (Lipinski definition) is 2. The molecule has 19 heavy (non-hydrogen) atoms. The van der Waals surface area contributed by atoms with Crippen LogP contribution in [0.15, 0.2) is 31.8 Å². The van der Waals surface area contributed by atoms with Crippen LogP contribution in [-0.4, -0.2) is 6.54 Å². The van der Waals surface area contributed by atoms with E-state index in [1.807, 2.05) is 19.1 Å². The van der Waals surface area contributed by atoms with Gasteiger partial charge in [-0.05, 0) is 67.7 Å². The first kappa shape index (κ1) is 15.4. The van der Waals surface area contributed by atoms with Gasteiger partial charge in [-0.25, -0.2) is 4.39 Å². The van der Waals surface area contributed by atoms with Crippen molar-refractivity contribution in [2.75, 3.05) is 6.54 Å². The Kier molecular flexibility index (Phi) is 5.43. The van der Waals surface area contributed by atoms with Crippen LogP contribution in [0.25, 0.3) is 0 Å². The van der Waals surface area contributed by atoms with E-state index in [1.165, 1.54) is 6.07 Å². The quantitative estimate of drug-likeness (QED) is 0.654. The fraction of sp³-hybridized carbons (Fsp3) is 0.231. The zero-order valence-corrected chi connectivity index (χ0v) is 14.8. The molecule has 0 aliphatic carbocycles. The van der Waals surface area contributed by atoms with Crippen molar-refractivity contribution >= 4 is 54.8 Å². The van der Waals surface area contributed by atoms with Gasteiger partial charge in [0, 0.05) is 0 Å². The van der Waals surface area contributed by atoms with Gasteiger partial charge in [-0.1, -0.05) is 24.6 Å². The molecule has 1 N–H and O–H groups in total. The molecule has 1 nitrogen and oxygen atoms in total. The van der Waals surface area contributed by atoms with E-state index in [2.05, 4.69) is 37.2 Å². The maximum Gasteiger partial charge on any atom is 0.142 e. The Morgan fingerprint density at radius 2 is 2.11 bits per heavy atom. The highest BCUT2D eigenvalue weighted by Gasteiger charge is 2.19. The molecule has 1 aromatic heterocycles. The summed E-state index contributed by atoms with van der Waals surface area (Å²) in [7, 11) is 0. The van der Waals surface area contributed by atoms with Crippen molar-refractivity contribution in [2.45, 2.75) is 13.0 Å². The van der Waals surface area contributed by atoms with Gasteiger partial charge in [0.05, 0.1) is 18.6 Å². The van der Waals surface area contributed by atoms with E-state index in [0.29, 0.717) is 0 Å². The highest BCUT2D eigenvalue weighted by molar-refractivity contribution is 9.12. The fourth-order valence-corrected chi connectivity index (χ4v) is 4.87. The molecule has 102 valence electrons. The van der Waals surface area contributed by atoms with Crippen LogP contribution in [0, 0.1) is 5.82 Å². The van der Waals surface area contributed by atoms with Crippen molar-refractivity contribution in [3.8, 4) is 0 Å². The molecule has 2 aromatic rings. The van der Waals surface area contributed by atoms with Crippen LogP contribution < -0.4 is 5.32 Å². The Morgan fingerprint density at radius 1 is 1.37 bits per heavy atom. The van der Waals surface area contributed by atoms with Crippen molar-refractivity contribution in [3.63, 3.8) is 0 Å². The van der Waals surface area contributed by atoms with Crippen LogP contribution in [0.4, 0.5) is 4.39 Å². The molecular formula is C13H11Br2ClFNS. The summed E-state index contributed by atoms with van der Waals surface area (Å²) >= 11 is 14.3. The van der Waals surface area contributed by atoms with Gasteiger partial charge in [-0.3, -0.25) is 0 Å². The lowest BCUT2D eigenvalue weighted by Gasteiger charge is -2.18. The number of halogens is 4. The molecule has 0 radical (unpaired) electrons. The third kappa shape index (κ3) is 3.58. The highest BCUT2D eigenvalue weighted by Crippen LogP contribution is 2.38. The Bertz CT molecular complexity index is 588. The highest BCUT2D eigenvalue weighted by atomic mass is 79.9. The number of hydrogen-bond donors (Lipinski definition) is 1. The topological polar surface area (TPSA) is 12.0 Å². The first-order valence-electron chi connectivity index (χ1n) is 5.66. The normalized spacial score (nSPS) is 12.7. The Labute approximate surface area is 137 Å². The third-order valence-corrected chi connectivity index (χ3v) is 5.37. The standard InChI is InChI=1S/C13H11Br2ClFNS/c1-2-18-12(8-6-11(14)19-13(8)15)7-3-4-9(16)10(17)5-7/h3-6,12,18H,2H2,1H3. The number of benzene rings is 1. The summed E-state index contributed by atoms with van der Waals surface area (Å²) in [5.41, 5.74) is 1.94. The van der Waals surface area contributed by atoms with E-state index < -0.39 is 5.82 Å². The summed E-state index contributed by atoms with van der Waals surface area (Å²) in [6.45, 7) is 2.81. The smallest absolute Gasteiger partial charge is 0.142 e. The van der Waals surface area contributed by atoms with Crippen molar-refractivity contribution in [2.24, 2.45) is 0 Å². The first-order chi connectivity index (χ1) is 9.02. The largest absolute Gasteiger partial charge is 0.306 e. The maximum atomic E-state index is 13.6. The van der Waals surface area contributed by atoms with Gasteiger partial charge in [0.1, 0.15) is 5.82 Å². The minimum Gasteiger partial charge on any atom is -0.306 e. The van der Waals surface area contributed by atoms with Crippen LogP contribution in [0.3, 0.4) is 0 Å². The number of nitrogens with one attached hydrogen (secondary N) is 1. The van der Waals surface area contributed by atoms with Gasteiger partial charge in [0.15, 0.2) is 0 Å². The molecule has 0 spiro atoms. The molecule has 2 rings (SSSR count). The average molecular weight is 428 g/mol. The SMILES string of the molecule is CCNC(c1ccc(Cl)c(F)c1)c1cc(Br)sc1Br. The molecule has 0 amide bonds. The molecule has 1 unspecified atom stereocenters. The van der Waals surface area contributed by atoms with Crippen LogP contribution in [0.5, 0.6) is 0 Å². The lowest BCUT2D eigenvalue weighted by atomic mass is 10.0. The van der Waals surface area contributed by atoms with Gasteiger partial charge >= 0.3 is 0 Å². The predicted octanol–water partition coefficient (Wildman–Crippen LogP) is 5.76. The van der Waals surface area contributed by atoms with Crippen LogP contribution in [-0.2, 0) is 0 Å². The third-order valence-electron chi connectivity index (χ3n) is 2.68. The van der Waals surface area contributed by atoms with Crippen LogP contribution >= 0.6 is 54.8 Å². The summed E-state index contributed by atoms with van der Waals surface area (Å²) < 4.78 is 15.7. The Balaban J connectivity index is 2.44. The summed E-state index contributed by atoms with van der Waals surface area (Å²) in [4.78, 5) is 0. The van der Waals surface area contributed by atoms with Crippen molar-refractivity contribution in [1.29, 1.82) is 0 Å². The Hall–Kier alpha value is 0.0600. The summed E-state index contributed by atoms with van der Waals surface area (Å²) in [6.07, 6.45) is 0. The molecule has 1 atom stereocenters. The minimum absolute atomic E-state index is 0.0614. The molecule has 1 heterocycles. The van der Waals surface area contributed by atoms with E-state index in [9.17, 15) is 4.39 Å². The summed E-state index contributed by atoms with van der Waals surface area (Å²) in [5.74, 6) is -0.396. The van der Waals surface area contributed by atoms with E-state index >= 15 is 0 Å². The zero-order chi connectivity index (χ0) is 14.0. The fourth-order valence-electron chi connectivity index (χ4n) is 1.85. The lowest BCUT2D eigenvalue weighted by molar-refractivity contribution is 0.603. The first-order valence-corrected chi connectivity index (χ1v) is 8.44. The molecular weight excluding hydrogens is 416 g/mol. The van der Waals surface area contributed by atoms with Gasteiger partial charge in [-0.15, -0.1) is 11.3 Å².